The van der Waals surface area contributed by atoms with E-state index in [1.165, 1.54) is 0 Å². The Hall–Kier alpha value is 0.270. The van der Waals surface area contributed by atoms with E-state index in [9.17, 15) is 5.11 Å². The highest BCUT2D eigenvalue weighted by Gasteiger charge is 2.32. The third kappa shape index (κ3) is 6.96. The van der Waals surface area contributed by atoms with Gasteiger partial charge in [0.25, 0.3) is 0 Å². The average molecular weight is 457 g/mol. The minimum Gasteiger partial charge on any atom is -0.387 e. The number of rotatable bonds is 3. The van der Waals surface area contributed by atoms with E-state index in [4.69, 9.17) is 4.74 Å². The SMILES string of the molecule is CN=C(NCC1(O)CCSC1)N1CCC(OC(C)(C)C)CC1.I. The van der Waals surface area contributed by atoms with Crippen molar-refractivity contribution in [3.05, 3.63) is 0 Å². The number of piperidine rings is 1. The van der Waals surface area contributed by atoms with Gasteiger partial charge < -0.3 is 20.1 Å². The maximum atomic E-state index is 10.4. The molecule has 0 aliphatic carbocycles. The smallest absolute Gasteiger partial charge is 0.193 e. The van der Waals surface area contributed by atoms with Gasteiger partial charge in [-0.25, -0.2) is 0 Å². The summed E-state index contributed by atoms with van der Waals surface area (Å²) in [6, 6.07) is 0. The molecular formula is C16H32IN3O2S. The summed E-state index contributed by atoms with van der Waals surface area (Å²) >= 11 is 1.82. The summed E-state index contributed by atoms with van der Waals surface area (Å²) in [5.74, 6) is 2.77. The molecule has 0 aromatic rings. The Morgan fingerprint density at radius 2 is 2.04 bits per heavy atom. The summed E-state index contributed by atoms with van der Waals surface area (Å²) in [4.78, 5) is 6.65. The van der Waals surface area contributed by atoms with Crippen LogP contribution in [-0.2, 0) is 4.74 Å². The second-order valence-electron chi connectivity index (χ2n) is 7.34. The van der Waals surface area contributed by atoms with Crippen molar-refractivity contribution >= 4 is 41.7 Å². The van der Waals surface area contributed by atoms with Crippen molar-refractivity contribution in [3.8, 4) is 0 Å². The molecule has 7 heteroatoms. The average Bonchev–Trinajstić information content (AvgIpc) is 2.87. The molecule has 0 spiro atoms. The Labute approximate surface area is 162 Å². The molecule has 1 atom stereocenters. The van der Waals surface area contributed by atoms with Gasteiger partial charge in [0.1, 0.15) is 0 Å². The molecule has 0 aromatic heterocycles. The predicted molar refractivity (Wildman–Crippen MR) is 109 cm³/mol. The van der Waals surface area contributed by atoms with Crippen LogP contribution in [0.4, 0.5) is 0 Å². The number of likely N-dealkylation sites (tertiary alicyclic amines) is 1. The molecule has 2 fully saturated rings. The number of aliphatic hydroxyl groups is 1. The summed E-state index contributed by atoms with van der Waals surface area (Å²) in [6.45, 7) is 8.83. The molecule has 2 heterocycles. The largest absolute Gasteiger partial charge is 0.387 e. The monoisotopic (exact) mass is 457 g/mol. The van der Waals surface area contributed by atoms with Gasteiger partial charge in [0.2, 0.25) is 0 Å². The van der Waals surface area contributed by atoms with Crippen LogP contribution in [0.25, 0.3) is 0 Å². The van der Waals surface area contributed by atoms with Gasteiger partial charge in [0.15, 0.2) is 5.96 Å². The van der Waals surface area contributed by atoms with Crippen LogP contribution in [-0.4, -0.2) is 71.5 Å². The summed E-state index contributed by atoms with van der Waals surface area (Å²) in [5, 5.41) is 13.8. The van der Waals surface area contributed by atoms with E-state index in [-0.39, 0.29) is 29.6 Å². The van der Waals surface area contributed by atoms with Crippen LogP contribution in [0.15, 0.2) is 4.99 Å². The zero-order valence-electron chi connectivity index (χ0n) is 14.8. The fourth-order valence-electron chi connectivity index (χ4n) is 3.00. The number of aliphatic imine (C=N–C) groups is 1. The topological polar surface area (TPSA) is 57.1 Å². The molecule has 5 nitrogen and oxygen atoms in total. The highest BCUT2D eigenvalue weighted by Crippen LogP contribution is 2.27. The first-order chi connectivity index (χ1) is 10.3. The van der Waals surface area contributed by atoms with Gasteiger partial charge in [-0.2, -0.15) is 11.8 Å². The van der Waals surface area contributed by atoms with Crippen molar-refractivity contribution in [2.45, 2.75) is 57.3 Å². The van der Waals surface area contributed by atoms with Gasteiger partial charge in [-0.05, 0) is 45.8 Å². The summed E-state index contributed by atoms with van der Waals surface area (Å²) in [6.07, 6.45) is 3.25. The molecule has 2 aliphatic rings. The van der Waals surface area contributed by atoms with Crippen LogP contribution >= 0.6 is 35.7 Å². The number of hydrogen-bond acceptors (Lipinski definition) is 4. The van der Waals surface area contributed by atoms with Crippen molar-refractivity contribution in [1.82, 2.24) is 10.2 Å². The first kappa shape index (κ1) is 21.3. The molecule has 1 unspecified atom stereocenters. The highest BCUT2D eigenvalue weighted by molar-refractivity contribution is 14.0. The Kier molecular flexibility index (Phi) is 8.43. The normalized spacial score (nSPS) is 27.0. The lowest BCUT2D eigenvalue weighted by molar-refractivity contribution is -0.0773. The van der Waals surface area contributed by atoms with Crippen LogP contribution in [0, 0.1) is 0 Å². The minimum absolute atomic E-state index is 0. The number of hydrogen-bond donors (Lipinski definition) is 2. The Morgan fingerprint density at radius 3 is 2.52 bits per heavy atom. The standard InChI is InChI=1S/C16H31N3O2S.HI/c1-15(2,3)21-13-5-8-19(9-6-13)14(17-4)18-11-16(20)7-10-22-12-16;/h13,20H,5-12H2,1-4H3,(H,17,18);1H. The number of halogens is 1. The number of nitrogens with one attached hydrogen (secondary N) is 1. The maximum Gasteiger partial charge on any atom is 0.193 e. The van der Waals surface area contributed by atoms with Crippen LogP contribution in [0.2, 0.25) is 0 Å². The molecule has 2 rings (SSSR count). The Morgan fingerprint density at radius 1 is 1.39 bits per heavy atom. The molecule has 2 saturated heterocycles. The van der Waals surface area contributed by atoms with E-state index in [0.717, 1.165) is 49.8 Å². The third-order valence-corrected chi connectivity index (χ3v) is 5.37. The number of ether oxygens (including phenoxy) is 1. The van der Waals surface area contributed by atoms with Crippen molar-refractivity contribution < 1.29 is 9.84 Å². The molecule has 2 N–H and O–H groups in total. The Bertz CT molecular complexity index is 387. The Balaban J connectivity index is 0.00000264. The molecular weight excluding hydrogens is 425 g/mol. The summed E-state index contributed by atoms with van der Waals surface area (Å²) in [5.41, 5.74) is -0.648. The zero-order chi connectivity index (χ0) is 16.2. The van der Waals surface area contributed by atoms with Gasteiger partial charge in [-0.1, -0.05) is 0 Å². The number of nitrogens with zero attached hydrogens (tertiary/aromatic N) is 2. The first-order valence-electron chi connectivity index (χ1n) is 8.25. The van der Waals surface area contributed by atoms with Crippen LogP contribution in [0.5, 0.6) is 0 Å². The lowest BCUT2D eigenvalue weighted by Gasteiger charge is -2.37. The van der Waals surface area contributed by atoms with Gasteiger partial charge in [0.05, 0.1) is 17.3 Å². The predicted octanol–water partition coefficient (Wildman–Crippen LogP) is 2.33. The summed E-state index contributed by atoms with van der Waals surface area (Å²) in [7, 11) is 1.81. The lowest BCUT2D eigenvalue weighted by Crippen LogP contribution is -2.51. The molecule has 0 amide bonds. The van der Waals surface area contributed by atoms with Crippen LogP contribution in [0.1, 0.15) is 40.0 Å². The molecule has 0 saturated carbocycles. The third-order valence-electron chi connectivity index (χ3n) is 4.13. The minimum atomic E-state index is -0.575. The zero-order valence-corrected chi connectivity index (χ0v) is 17.9. The van der Waals surface area contributed by atoms with E-state index in [1.807, 2.05) is 18.8 Å². The number of guanidine groups is 1. The fourth-order valence-corrected chi connectivity index (χ4v) is 4.29. The van der Waals surface area contributed by atoms with Crippen molar-refractivity contribution in [2.24, 2.45) is 4.99 Å². The van der Waals surface area contributed by atoms with Gasteiger partial charge in [-0.3, -0.25) is 4.99 Å². The molecule has 0 radical (unpaired) electrons. The van der Waals surface area contributed by atoms with Crippen LogP contribution in [0.3, 0.4) is 0 Å². The molecule has 136 valence electrons. The molecule has 23 heavy (non-hydrogen) atoms. The highest BCUT2D eigenvalue weighted by atomic mass is 127. The summed E-state index contributed by atoms with van der Waals surface area (Å²) < 4.78 is 6.07. The van der Waals surface area contributed by atoms with E-state index in [0.29, 0.717) is 12.6 Å². The van der Waals surface area contributed by atoms with Crippen molar-refractivity contribution in [1.29, 1.82) is 0 Å². The quantitative estimate of drug-likeness (QED) is 0.387. The van der Waals surface area contributed by atoms with Gasteiger partial charge >= 0.3 is 0 Å². The second-order valence-corrected chi connectivity index (χ2v) is 8.45. The van der Waals surface area contributed by atoms with E-state index in [1.54, 1.807) is 0 Å². The molecule has 0 bridgehead atoms. The van der Waals surface area contributed by atoms with Crippen molar-refractivity contribution in [2.75, 3.05) is 38.2 Å². The lowest BCUT2D eigenvalue weighted by atomic mass is 10.0. The van der Waals surface area contributed by atoms with Crippen molar-refractivity contribution in [3.63, 3.8) is 0 Å². The molecule has 2 aliphatic heterocycles. The molecule has 0 aromatic carbocycles. The first-order valence-corrected chi connectivity index (χ1v) is 9.40. The van der Waals surface area contributed by atoms with Gasteiger partial charge in [-0.15, -0.1) is 24.0 Å². The van der Waals surface area contributed by atoms with E-state index < -0.39 is 5.60 Å². The van der Waals surface area contributed by atoms with Crippen LogP contribution < -0.4 is 5.32 Å². The van der Waals surface area contributed by atoms with Gasteiger partial charge in [0, 0.05) is 32.4 Å². The van der Waals surface area contributed by atoms with E-state index >= 15 is 0 Å². The second kappa shape index (κ2) is 9.10. The number of thioether (sulfide) groups is 1. The fraction of sp³-hybridized carbons (Fsp3) is 0.938. The van der Waals surface area contributed by atoms with E-state index in [2.05, 4.69) is 36.0 Å². The maximum absolute atomic E-state index is 10.4.